The zero-order chi connectivity index (χ0) is 12.5. The summed E-state index contributed by atoms with van der Waals surface area (Å²) in [6.45, 7) is 4.80. The van der Waals surface area contributed by atoms with E-state index >= 15 is 0 Å². The molecule has 2 heterocycles. The molecule has 0 aromatic carbocycles. The molecule has 0 bridgehead atoms. The Balaban J connectivity index is 2.03. The molecule has 2 saturated heterocycles. The highest BCUT2D eigenvalue weighted by Crippen LogP contribution is 2.23. The van der Waals surface area contributed by atoms with Gasteiger partial charge in [-0.25, -0.2) is 0 Å². The lowest BCUT2D eigenvalue weighted by Gasteiger charge is -2.37. The molecule has 0 aromatic heterocycles. The van der Waals surface area contributed by atoms with Crippen LogP contribution in [0.4, 0.5) is 0 Å². The number of nitrogens with zero attached hydrogens (tertiary/aromatic N) is 2. The fourth-order valence-electron chi connectivity index (χ4n) is 2.83. The maximum Gasteiger partial charge on any atom is 0.281 e. The average molecular weight is 261 g/mol. The number of piperidine rings is 1. The van der Waals surface area contributed by atoms with Gasteiger partial charge in [0.2, 0.25) is 0 Å². The highest BCUT2D eigenvalue weighted by molar-refractivity contribution is 7.86. The van der Waals surface area contributed by atoms with Gasteiger partial charge in [-0.3, -0.25) is 0 Å². The Kier molecular flexibility index (Phi) is 4.07. The lowest BCUT2D eigenvalue weighted by Crippen LogP contribution is -2.52. The van der Waals surface area contributed by atoms with Crippen LogP contribution in [0, 0.1) is 5.92 Å². The van der Waals surface area contributed by atoms with Crippen LogP contribution in [-0.4, -0.2) is 56.3 Å². The Morgan fingerprint density at radius 1 is 1.12 bits per heavy atom. The van der Waals surface area contributed by atoms with Gasteiger partial charge in [-0.05, 0) is 32.2 Å². The van der Waals surface area contributed by atoms with Crippen LogP contribution in [0.3, 0.4) is 0 Å². The van der Waals surface area contributed by atoms with Gasteiger partial charge in [0, 0.05) is 32.2 Å². The van der Waals surface area contributed by atoms with Crippen molar-refractivity contribution in [2.45, 2.75) is 32.2 Å². The second-order valence-corrected chi connectivity index (χ2v) is 7.06. The van der Waals surface area contributed by atoms with Crippen LogP contribution in [0.25, 0.3) is 0 Å². The van der Waals surface area contributed by atoms with Crippen molar-refractivity contribution in [2.75, 3.05) is 33.2 Å². The number of hydrogen-bond donors (Lipinski definition) is 1. The van der Waals surface area contributed by atoms with Gasteiger partial charge in [0.25, 0.3) is 10.2 Å². The quantitative estimate of drug-likeness (QED) is 0.793. The van der Waals surface area contributed by atoms with Gasteiger partial charge >= 0.3 is 0 Å². The highest BCUT2D eigenvalue weighted by Gasteiger charge is 2.36. The Morgan fingerprint density at radius 3 is 2.29 bits per heavy atom. The average Bonchev–Trinajstić information content (AvgIpc) is 2.83. The second-order valence-electron chi connectivity index (χ2n) is 5.13. The summed E-state index contributed by atoms with van der Waals surface area (Å²) in [4.78, 5) is 0. The van der Waals surface area contributed by atoms with Crippen molar-refractivity contribution in [3.05, 3.63) is 0 Å². The molecule has 0 radical (unpaired) electrons. The van der Waals surface area contributed by atoms with Crippen molar-refractivity contribution in [1.29, 1.82) is 0 Å². The Hall–Kier alpha value is -0.170. The van der Waals surface area contributed by atoms with Gasteiger partial charge < -0.3 is 5.32 Å². The fourth-order valence-corrected chi connectivity index (χ4v) is 4.63. The van der Waals surface area contributed by atoms with Gasteiger partial charge in [0.15, 0.2) is 0 Å². The first-order chi connectivity index (χ1) is 8.05. The van der Waals surface area contributed by atoms with Crippen LogP contribution >= 0.6 is 0 Å². The fraction of sp³-hybridized carbons (Fsp3) is 1.00. The maximum absolute atomic E-state index is 12.4. The van der Waals surface area contributed by atoms with Crippen LogP contribution in [0.15, 0.2) is 0 Å². The van der Waals surface area contributed by atoms with E-state index in [0.717, 1.165) is 19.3 Å². The molecule has 100 valence electrons. The maximum atomic E-state index is 12.4. The van der Waals surface area contributed by atoms with Gasteiger partial charge in [-0.2, -0.15) is 17.0 Å². The first-order valence-corrected chi connectivity index (χ1v) is 7.88. The summed E-state index contributed by atoms with van der Waals surface area (Å²) in [7, 11) is -1.24. The molecule has 6 heteroatoms. The summed E-state index contributed by atoms with van der Waals surface area (Å²) < 4.78 is 28.0. The molecule has 2 fully saturated rings. The van der Waals surface area contributed by atoms with Crippen LogP contribution in [0.2, 0.25) is 0 Å². The SMILES string of the molecule is CNC1CCN(S(=O)(=O)N2CCCC2)CC1C. The summed E-state index contributed by atoms with van der Waals surface area (Å²) in [5.41, 5.74) is 0. The molecule has 2 atom stereocenters. The molecule has 0 aliphatic carbocycles. The lowest BCUT2D eigenvalue weighted by molar-refractivity contribution is 0.218. The van der Waals surface area contributed by atoms with Crippen molar-refractivity contribution < 1.29 is 8.42 Å². The smallest absolute Gasteiger partial charge is 0.281 e. The number of hydrogen-bond acceptors (Lipinski definition) is 3. The van der Waals surface area contributed by atoms with E-state index in [9.17, 15) is 8.42 Å². The minimum atomic E-state index is -3.19. The van der Waals surface area contributed by atoms with Gasteiger partial charge in [-0.15, -0.1) is 0 Å². The highest BCUT2D eigenvalue weighted by atomic mass is 32.2. The Morgan fingerprint density at radius 2 is 1.76 bits per heavy atom. The largest absolute Gasteiger partial charge is 0.317 e. The molecule has 2 rings (SSSR count). The first kappa shape index (κ1) is 13.3. The molecule has 0 spiro atoms. The van der Waals surface area contributed by atoms with Crippen LogP contribution < -0.4 is 5.32 Å². The molecule has 0 aromatic rings. The Bertz CT molecular complexity index is 352. The molecular weight excluding hydrogens is 238 g/mol. The zero-order valence-corrected chi connectivity index (χ0v) is 11.5. The minimum Gasteiger partial charge on any atom is -0.317 e. The van der Waals surface area contributed by atoms with Crippen molar-refractivity contribution >= 4 is 10.2 Å². The van der Waals surface area contributed by atoms with E-state index in [2.05, 4.69) is 12.2 Å². The third kappa shape index (κ3) is 2.65. The van der Waals surface area contributed by atoms with Gasteiger partial charge in [0.05, 0.1) is 0 Å². The number of nitrogens with one attached hydrogen (secondary N) is 1. The standard InChI is InChI=1S/C11H23N3O2S/c1-10-9-14(8-5-11(10)12-2)17(15,16)13-6-3-4-7-13/h10-12H,3-9H2,1-2H3. The number of rotatable bonds is 3. The van der Waals surface area contributed by atoms with E-state index in [0.29, 0.717) is 38.1 Å². The van der Waals surface area contributed by atoms with E-state index < -0.39 is 10.2 Å². The van der Waals surface area contributed by atoms with Crippen molar-refractivity contribution in [3.63, 3.8) is 0 Å². The second kappa shape index (κ2) is 5.22. The normalized spacial score (nSPS) is 33.1. The summed E-state index contributed by atoms with van der Waals surface area (Å²) in [6.07, 6.45) is 2.91. The molecular formula is C11H23N3O2S. The third-order valence-electron chi connectivity index (χ3n) is 3.96. The van der Waals surface area contributed by atoms with E-state index in [1.165, 1.54) is 0 Å². The zero-order valence-electron chi connectivity index (χ0n) is 10.7. The molecule has 0 amide bonds. The van der Waals surface area contributed by atoms with Crippen LogP contribution in [-0.2, 0) is 10.2 Å². The molecule has 2 aliphatic rings. The third-order valence-corrected chi connectivity index (χ3v) is 5.96. The minimum absolute atomic E-state index is 0.381. The van der Waals surface area contributed by atoms with Gasteiger partial charge in [-0.1, -0.05) is 6.92 Å². The summed E-state index contributed by atoms with van der Waals surface area (Å²) in [5.74, 6) is 0.381. The van der Waals surface area contributed by atoms with E-state index in [1.807, 2.05) is 7.05 Å². The topological polar surface area (TPSA) is 52.7 Å². The summed E-state index contributed by atoms with van der Waals surface area (Å²) >= 11 is 0. The van der Waals surface area contributed by atoms with Crippen LogP contribution in [0.1, 0.15) is 26.2 Å². The van der Waals surface area contributed by atoms with E-state index in [4.69, 9.17) is 0 Å². The predicted octanol–water partition coefficient (Wildman–Crippen LogP) is 0.257. The molecule has 0 saturated carbocycles. The van der Waals surface area contributed by atoms with E-state index in [-0.39, 0.29) is 0 Å². The van der Waals surface area contributed by atoms with Gasteiger partial charge in [0.1, 0.15) is 0 Å². The summed E-state index contributed by atoms with van der Waals surface area (Å²) in [6, 6.07) is 0.444. The van der Waals surface area contributed by atoms with Crippen molar-refractivity contribution in [2.24, 2.45) is 5.92 Å². The predicted molar refractivity (Wildman–Crippen MR) is 67.9 cm³/mol. The monoisotopic (exact) mass is 261 g/mol. The molecule has 2 unspecified atom stereocenters. The lowest BCUT2D eigenvalue weighted by atomic mass is 9.96. The summed E-state index contributed by atoms with van der Waals surface area (Å²) in [5, 5.41) is 3.26. The Labute approximate surface area is 104 Å². The first-order valence-electron chi connectivity index (χ1n) is 6.48. The van der Waals surface area contributed by atoms with E-state index in [1.54, 1.807) is 8.61 Å². The molecule has 17 heavy (non-hydrogen) atoms. The van der Waals surface area contributed by atoms with Crippen molar-refractivity contribution in [1.82, 2.24) is 13.9 Å². The molecule has 1 N–H and O–H groups in total. The van der Waals surface area contributed by atoms with Crippen LogP contribution in [0.5, 0.6) is 0 Å². The van der Waals surface area contributed by atoms with Crippen molar-refractivity contribution in [3.8, 4) is 0 Å². The molecule has 2 aliphatic heterocycles. The molecule has 5 nitrogen and oxygen atoms in total.